The largest absolute Gasteiger partial charge is 0.508 e. The first-order chi connectivity index (χ1) is 16.6. The summed E-state index contributed by atoms with van der Waals surface area (Å²) >= 11 is 0. The third kappa shape index (κ3) is 4.62. The summed E-state index contributed by atoms with van der Waals surface area (Å²) in [7, 11) is 0. The molecule has 0 aliphatic heterocycles. The lowest BCUT2D eigenvalue weighted by Gasteiger charge is -2.32. The highest BCUT2D eigenvalue weighted by molar-refractivity contribution is 5.86. The summed E-state index contributed by atoms with van der Waals surface area (Å²) in [6.07, 6.45) is 0. The maximum atomic E-state index is 10.2. The van der Waals surface area contributed by atoms with Crippen LogP contribution < -0.4 is 9.64 Å². The Morgan fingerprint density at radius 1 is 0.543 bits per heavy atom. The van der Waals surface area contributed by atoms with Crippen molar-refractivity contribution in [1.82, 2.24) is 0 Å². The highest BCUT2D eigenvalue weighted by Crippen LogP contribution is 2.47. The van der Waals surface area contributed by atoms with Crippen molar-refractivity contribution >= 4 is 17.1 Å². The lowest BCUT2D eigenvalue weighted by atomic mass is 10.0. The Labute approximate surface area is 206 Å². The van der Waals surface area contributed by atoms with Crippen molar-refractivity contribution in [3.8, 4) is 28.7 Å². The van der Waals surface area contributed by atoms with E-state index in [9.17, 15) is 15.3 Å². The predicted molar refractivity (Wildman–Crippen MR) is 141 cm³/mol. The second-order valence-corrected chi connectivity index (χ2v) is 9.17. The molecule has 0 radical (unpaired) electrons. The van der Waals surface area contributed by atoms with Crippen LogP contribution in [0.1, 0.15) is 33.4 Å². The van der Waals surface area contributed by atoms with Crippen LogP contribution in [0.25, 0.3) is 0 Å². The van der Waals surface area contributed by atoms with Gasteiger partial charge in [0.1, 0.15) is 23.0 Å². The van der Waals surface area contributed by atoms with Crippen LogP contribution in [-0.2, 0) is 0 Å². The van der Waals surface area contributed by atoms with Gasteiger partial charge in [-0.05, 0) is 123 Å². The number of para-hydroxylation sites is 2. The number of ether oxygens (including phenoxy) is 1. The van der Waals surface area contributed by atoms with Crippen molar-refractivity contribution in [3.63, 3.8) is 0 Å². The third-order valence-corrected chi connectivity index (χ3v) is 6.22. The molecular weight excluding hydrogens is 438 g/mol. The molecule has 0 amide bonds. The number of nitrogens with zero attached hydrogens (tertiary/aromatic N) is 1. The number of hydrogen-bond donors (Lipinski definition) is 3. The molecule has 4 aromatic rings. The fraction of sp³-hybridized carbons (Fsp3) is 0.200. The first-order valence-corrected chi connectivity index (χ1v) is 11.5. The van der Waals surface area contributed by atoms with Crippen LogP contribution >= 0.6 is 0 Å². The van der Waals surface area contributed by atoms with Crippen LogP contribution in [0.4, 0.5) is 17.1 Å². The summed E-state index contributed by atoms with van der Waals surface area (Å²) in [6.45, 7) is 11.6. The molecule has 180 valence electrons. The molecule has 0 spiro atoms. The van der Waals surface area contributed by atoms with Crippen molar-refractivity contribution in [2.24, 2.45) is 0 Å². The van der Waals surface area contributed by atoms with Crippen molar-refractivity contribution < 1.29 is 20.1 Å². The molecule has 0 saturated carbocycles. The van der Waals surface area contributed by atoms with Crippen molar-refractivity contribution in [1.29, 1.82) is 0 Å². The van der Waals surface area contributed by atoms with Crippen LogP contribution in [0.3, 0.4) is 0 Å². The molecule has 5 nitrogen and oxygen atoms in total. The number of rotatable bonds is 5. The number of phenolic OH excluding ortho intramolecular Hbond substituents is 3. The summed E-state index contributed by atoms with van der Waals surface area (Å²) in [4.78, 5) is 2.13. The van der Waals surface area contributed by atoms with Crippen LogP contribution in [0.2, 0.25) is 0 Å². The molecule has 0 aromatic heterocycles. The second-order valence-electron chi connectivity index (χ2n) is 9.17. The Bertz CT molecular complexity index is 1320. The fourth-order valence-electron chi connectivity index (χ4n) is 4.66. The SMILES string of the molecule is Cc1cc(Oc2ccccc2N(c2c(C)cc(O)cc2C)c2c(C)cc(O)cc2C)c(C)cc1O. The maximum absolute atomic E-state index is 10.2. The minimum absolute atomic E-state index is 0.211. The first-order valence-electron chi connectivity index (χ1n) is 11.5. The van der Waals surface area contributed by atoms with E-state index in [4.69, 9.17) is 4.74 Å². The number of aryl methyl sites for hydroxylation is 6. The van der Waals surface area contributed by atoms with E-state index in [1.54, 1.807) is 30.3 Å². The molecule has 0 unspecified atom stereocenters. The minimum Gasteiger partial charge on any atom is -0.508 e. The molecule has 0 aliphatic carbocycles. The Kier molecular flexibility index (Phi) is 6.35. The average Bonchev–Trinajstić information content (AvgIpc) is 2.75. The van der Waals surface area contributed by atoms with E-state index in [-0.39, 0.29) is 17.2 Å². The van der Waals surface area contributed by atoms with Crippen LogP contribution in [0, 0.1) is 41.5 Å². The van der Waals surface area contributed by atoms with Gasteiger partial charge in [0.2, 0.25) is 0 Å². The molecule has 0 atom stereocenters. The second kappa shape index (κ2) is 9.26. The van der Waals surface area contributed by atoms with Crippen molar-refractivity contribution in [3.05, 3.63) is 94.0 Å². The molecule has 4 aromatic carbocycles. The molecule has 0 heterocycles. The predicted octanol–water partition coefficient (Wildman–Crippen LogP) is 7.92. The third-order valence-electron chi connectivity index (χ3n) is 6.22. The molecule has 0 aliphatic rings. The van der Waals surface area contributed by atoms with Gasteiger partial charge in [-0.25, -0.2) is 0 Å². The zero-order valence-corrected chi connectivity index (χ0v) is 21.0. The quantitative estimate of drug-likeness (QED) is 0.277. The lowest BCUT2D eigenvalue weighted by molar-refractivity contribution is 0.458. The molecular formula is C30H31NO4. The van der Waals surface area contributed by atoms with E-state index >= 15 is 0 Å². The zero-order chi connectivity index (χ0) is 25.4. The van der Waals surface area contributed by atoms with E-state index in [0.29, 0.717) is 11.5 Å². The van der Waals surface area contributed by atoms with Gasteiger partial charge >= 0.3 is 0 Å². The van der Waals surface area contributed by atoms with Gasteiger partial charge in [0.05, 0.1) is 17.1 Å². The van der Waals surface area contributed by atoms with Gasteiger partial charge in [-0.2, -0.15) is 0 Å². The fourth-order valence-corrected chi connectivity index (χ4v) is 4.66. The Morgan fingerprint density at radius 3 is 1.54 bits per heavy atom. The topological polar surface area (TPSA) is 73.2 Å². The summed E-state index contributed by atoms with van der Waals surface area (Å²) in [6, 6.07) is 18.3. The molecule has 0 saturated heterocycles. The number of anilines is 3. The number of phenols is 3. The standard InChI is InChI=1S/C30H31NO4/c1-17-16-28(18(2)15-26(17)34)35-27-10-8-7-9-25(27)31(29-19(3)11-23(32)12-20(29)4)30-21(5)13-24(33)14-22(30)6/h7-16,32-34H,1-6H3. The lowest BCUT2D eigenvalue weighted by Crippen LogP contribution is -2.16. The summed E-state index contributed by atoms with van der Waals surface area (Å²) < 4.78 is 6.46. The minimum atomic E-state index is 0.211. The van der Waals surface area contributed by atoms with E-state index in [1.165, 1.54) is 0 Å². The van der Waals surface area contributed by atoms with E-state index in [1.807, 2.05) is 71.9 Å². The number of hydrogen-bond acceptors (Lipinski definition) is 5. The zero-order valence-electron chi connectivity index (χ0n) is 21.0. The number of aromatic hydroxyl groups is 3. The van der Waals surface area contributed by atoms with Gasteiger partial charge in [-0.15, -0.1) is 0 Å². The van der Waals surface area contributed by atoms with Crippen molar-refractivity contribution in [2.45, 2.75) is 41.5 Å². The molecule has 5 heteroatoms. The van der Waals surface area contributed by atoms with Crippen molar-refractivity contribution in [2.75, 3.05) is 4.90 Å². The van der Waals surface area contributed by atoms with Crippen LogP contribution in [0.15, 0.2) is 60.7 Å². The molecule has 3 N–H and O–H groups in total. The first kappa shape index (κ1) is 24.0. The van der Waals surface area contributed by atoms with Crippen LogP contribution in [-0.4, -0.2) is 15.3 Å². The highest BCUT2D eigenvalue weighted by Gasteiger charge is 2.24. The average molecular weight is 470 g/mol. The van der Waals surface area contributed by atoms with Gasteiger partial charge in [0.25, 0.3) is 0 Å². The smallest absolute Gasteiger partial charge is 0.151 e. The maximum Gasteiger partial charge on any atom is 0.151 e. The Morgan fingerprint density at radius 2 is 1.03 bits per heavy atom. The summed E-state index contributed by atoms with van der Waals surface area (Å²) in [5, 5.41) is 30.5. The monoisotopic (exact) mass is 469 g/mol. The van der Waals surface area contributed by atoms with Gasteiger partial charge in [0.15, 0.2) is 5.75 Å². The number of benzene rings is 4. The molecule has 35 heavy (non-hydrogen) atoms. The summed E-state index contributed by atoms with van der Waals surface area (Å²) in [5.41, 5.74) is 7.83. The van der Waals surface area contributed by atoms with Crippen LogP contribution in [0.5, 0.6) is 28.7 Å². The summed E-state index contributed by atoms with van der Waals surface area (Å²) in [5.74, 6) is 1.95. The van der Waals surface area contributed by atoms with E-state index in [2.05, 4.69) is 4.90 Å². The van der Waals surface area contributed by atoms with E-state index in [0.717, 1.165) is 50.4 Å². The van der Waals surface area contributed by atoms with Gasteiger partial charge in [-0.1, -0.05) is 12.1 Å². The molecule has 0 bridgehead atoms. The Hall–Kier alpha value is -4.12. The molecule has 0 fully saturated rings. The van der Waals surface area contributed by atoms with Gasteiger partial charge in [-0.3, -0.25) is 0 Å². The highest BCUT2D eigenvalue weighted by atomic mass is 16.5. The van der Waals surface area contributed by atoms with E-state index < -0.39 is 0 Å². The molecule has 4 rings (SSSR count). The van der Waals surface area contributed by atoms with Gasteiger partial charge in [0, 0.05) is 0 Å². The Balaban J connectivity index is 1.99. The van der Waals surface area contributed by atoms with Gasteiger partial charge < -0.3 is 25.0 Å². The normalized spacial score (nSPS) is 10.9.